The van der Waals surface area contributed by atoms with Crippen molar-refractivity contribution in [2.24, 2.45) is 0 Å². The molecule has 0 atom stereocenters. The standard InChI is InChI=1S/C12H11O/c13-11-7-2-1-4-8-12-9-5-3-6-10-12/h1-7,9-10H,8H2. The van der Waals surface area contributed by atoms with E-state index in [0.717, 1.165) is 6.42 Å². The van der Waals surface area contributed by atoms with Gasteiger partial charge in [-0.15, -0.1) is 0 Å². The Morgan fingerprint density at radius 3 is 2.62 bits per heavy atom. The summed E-state index contributed by atoms with van der Waals surface area (Å²) in [5.41, 5.74) is 1.27. The Hall–Kier alpha value is -1.63. The molecule has 0 amide bonds. The molecule has 0 saturated carbocycles. The van der Waals surface area contributed by atoms with Gasteiger partial charge >= 0.3 is 0 Å². The molecule has 0 N–H and O–H groups in total. The van der Waals surface area contributed by atoms with Crippen molar-refractivity contribution < 1.29 is 4.79 Å². The molecule has 0 fully saturated rings. The van der Waals surface area contributed by atoms with Crippen LogP contribution < -0.4 is 0 Å². The summed E-state index contributed by atoms with van der Waals surface area (Å²) in [4.78, 5) is 9.79. The normalized spacial score (nSPS) is 11.1. The maximum absolute atomic E-state index is 9.79. The first kappa shape index (κ1) is 9.46. The van der Waals surface area contributed by atoms with Crippen LogP contribution in [0.5, 0.6) is 0 Å². The molecule has 1 radical (unpaired) electrons. The van der Waals surface area contributed by atoms with E-state index in [-0.39, 0.29) is 0 Å². The second-order valence-electron chi connectivity index (χ2n) is 2.59. The van der Waals surface area contributed by atoms with Crippen LogP contribution in [0.1, 0.15) is 5.56 Å². The zero-order valence-corrected chi connectivity index (χ0v) is 7.31. The van der Waals surface area contributed by atoms with Gasteiger partial charge in [-0.05, 0) is 18.1 Å². The number of carbonyl (C=O) groups excluding carboxylic acids is 1. The van der Waals surface area contributed by atoms with E-state index in [9.17, 15) is 4.79 Å². The van der Waals surface area contributed by atoms with Gasteiger partial charge in [0.2, 0.25) is 6.29 Å². The highest BCUT2D eigenvalue weighted by Crippen LogP contribution is 1.99. The van der Waals surface area contributed by atoms with E-state index in [2.05, 4.69) is 12.1 Å². The Morgan fingerprint density at radius 2 is 1.92 bits per heavy atom. The fraction of sp³-hybridized carbons (Fsp3) is 0.0833. The third-order valence-electron chi connectivity index (χ3n) is 1.61. The first-order valence-corrected chi connectivity index (χ1v) is 4.17. The predicted octanol–water partition coefficient (Wildman–Crippen LogP) is 2.45. The van der Waals surface area contributed by atoms with Gasteiger partial charge in [0.05, 0.1) is 0 Å². The van der Waals surface area contributed by atoms with E-state index in [1.807, 2.05) is 30.4 Å². The topological polar surface area (TPSA) is 17.1 Å². The summed E-state index contributed by atoms with van der Waals surface area (Å²) < 4.78 is 0. The molecule has 0 aliphatic rings. The Kier molecular flexibility index (Phi) is 4.33. The number of hydrogen-bond donors (Lipinski definition) is 0. The lowest BCUT2D eigenvalue weighted by molar-refractivity contribution is 0.564. The highest BCUT2D eigenvalue weighted by Gasteiger charge is 1.83. The minimum atomic E-state index is 0.893. The molecular weight excluding hydrogens is 160 g/mol. The van der Waals surface area contributed by atoms with Crippen molar-refractivity contribution >= 4 is 6.29 Å². The molecule has 1 aromatic rings. The largest absolute Gasteiger partial charge is 0.286 e. The van der Waals surface area contributed by atoms with Crippen LogP contribution in [-0.2, 0) is 11.2 Å². The summed E-state index contributed by atoms with van der Waals surface area (Å²) in [5, 5.41) is 0. The van der Waals surface area contributed by atoms with Crippen LogP contribution in [0.4, 0.5) is 0 Å². The monoisotopic (exact) mass is 171 g/mol. The van der Waals surface area contributed by atoms with E-state index in [1.54, 1.807) is 12.4 Å². The maximum atomic E-state index is 9.79. The van der Waals surface area contributed by atoms with E-state index >= 15 is 0 Å². The first-order chi connectivity index (χ1) is 6.43. The maximum Gasteiger partial charge on any atom is 0.225 e. The van der Waals surface area contributed by atoms with Crippen molar-refractivity contribution in [1.29, 1.82) is 0 Å². The minimum absolute atomic E-state index is 0.893. The molecule has 0 aromatic heterocycles. The number of hydrogen-bond acceptors (Lipinski definition) is 1. The summed E-state index contributed by atoms with van der Waals surface area (Å²) >= 11 is 0. The predicted molar refractivity (Wildman–Crippen MR) is 54.1 cm³/mol. The van der Waals surface area contributed by atoms with Crippen LogP contribution in [-0.4, -0.2) is 6.29 Å². The van der Waals surface area contributed by atoms with Gasteiger partial charge in [0, 0.05) is 0 Å². The zero-order chi connectivity index (χ0) is 9.36. The van der Waals surface area contributed by atoms with Gasteiger partial charge in [-0.25, -0.2) is 0 Å². The van der Waals surface area contributed by atoms with Gasteiger partial charge < -0.3 is 0 Å². The molecule has 0 bridgehead atoms. The van der Waals surface area contributed by atoms with Crippen LogP contribution in [0.2, 0.25) is 0 Å². The minimum Gasteiger partial charge on any atom is -0.286 e. The SMILES string of the molecule is O=[C]C=CC=CCc1ccccc1. The van der Waals surface area contributed by atoms with Crippen molar-refractivity contribution in [3.05, 3.63) is 60.2 Å². The summed E-state index contributed by atoms with van der Waals surface area (Å²) in [6.07, 6.45) is 9.45. The fourth-order valence-corrected chi connectivity index (χ4v) is 0.992. The van der Waals surface area contributed by atoms with Crippen molar-refractivity contribution in [2.75, 3.05) is 0 Å². The van der Waals surface area contributed by atoms with E-state index in [0.29, 0.717) is 0 Å². The van der Waals surface area contributed by atoms with Crippen molar-refractivity contribution in [1.82, 2.24) is 0 Å². The fourth-order valence-electron chi connectivity index (χ4n) is 0.992. The molecule has 0 aliphatic heterocycles. The lowest BCUT2D eigenvalue weighted by Gasteiger charge is -1.92. The molecule has 65 valence electrons. The summed E-state index contributed by atoms with van der Waals surface area (Å²) in [6.45, 7) is 0. The van der Waals surface area contributed by atoms with E-state index in [1.165, 1.54) is 11.6 Å². The van der Waals surface area contributed by atoms with Crippen LogP contribution in [0.3, 0.4) is 0 Å². The van der Waals surface area contributed by atoms with Gasteiger partial charge in [-0.2, -0.15) is 0 Å². The van der Waals surface area contributed by atoms with Gasteiger partial charge in [-0.1, -0.05) is 48.6 Å². The van der Waals surface area contributed by atoms with Crippen molar-refractivity contribution in [2.45, 2.75) is 6.42 Å². The van der Waals surface area contributed by atoms with Gasteiger partial charge in [0.1, 0.15) is 0 Å². The molecule has 0 spiro atoms. The summed E-state index contributed by atoms with van der Waals surface area (Å²) in [5.74, 6) is 0. The molecule has 0 saturated heterocycles. The Labute approximate surface area is 78.4 Å². The van der Waals surface area contributed by atoms with Crippen molar-refractivity contribution in [3.8, 4) is 0 Å². The third-order valence-corrected chi connectivity index (χ3v) is 1.61. The van der Waals surface area contributed by atoms with Crippen LogP contribution >= 0.6 is 0 Å². The van der Waals surface area contributed by atoms with Crippen molar-refractivity contribution in [3.63, 3.8) is 0 Å². The average Bonchev–Trinajstić information content (AvgIpc) is 2.19. The first-order valence-electron chi connectivity index (χ1n) is 4.17. The van der Waals surface area contributed by atoms with Crippen LogP contribution in [0.25, 0.3) is 0 Å². The smallest absolute Gasteiger partial charge is 0.225 e. The highest BCUT2D eigenvalue weighted by molar-refractivity contribution is 5.66. The zero-order valence-electron chi connectivity index (χ0n) is 7.31. The highest BCUT2D eigenvalue weighted by atomic mass is 16.1. The van der Waals surface area contributed by atoms with Gasteiger partial charge in [-0.3, -0.25) is 4.79 Å². The number of benzene rings is 1. The molecule has 0 heterocycles. The lowest BCUT2D eigenvalue weighted by atomic mass is 10.1. The summed E-state index contributed by atoms with van der Waals surface area (Å²) in [7, 11) is 0. The molecule has 1 heteroatoms. The third kappa shape index (κ3) is 4.06. The quantitative estimate of drug-likeness (QED) is 0.502. The van der Waals surface area contributed by atoms with E-state index in [4.69, 9.17) is 0 Å². The van der Waals surface area contributed by atoms with E-state index < -0.39 is 0 Å². The molecular formula is C12H11O. The van der Waals surface area contributed by atoms with Crippen LogP contribution in [0.15, 0.2) is 54.6 Å². The Morgan fingerprint density at radius 1 is 1.15 bits per heavy atom. The summed E-state index contributed by atoms with van der Waals surface area (Å²) in [6, 6.07) is 10.2. The van der Waals surface area contributed by atoms with Gasteiger partial charge in [0.25, 0.3) is 0 Å². The molecule has 0 aliphatic carbocycles. The Balaban J connectivity index is 2.39. The number of allylic oxidation sites excluding steroid dienone is 4. The lowest BCUT2D eigenvalue weighted by Crippen LogP contribution is -1.77. The number of rotatable bonds is 4. The Bertz CT molecular complexity index is 296. The molecule has 13 heavy (non-hydrogen) atoms. The second kappa shape index (κ2) is 5.95. The average molecular weight is 171 g/mol. The molecule has 0 unspecified atom stereocenters. The van der Waals surface area contributed by atoms with Crippen LogP contribution in [0, 0.1) is 0 Å². The molecule has 1 nitrogen and oxygen atoms in total. The second-order valence-corrected chi connectivity index (χ2v) is 2.59. The molecule has 1 aromatic carbocycles. The van der Waals surface area contributed by atoms with Gasteiger partial charge in [0.15, 0.2) is 0 Å². The molecule has 1 rings (SSSR count).